The monoisotopic (exact) mass is 232 g/mol. The molecule has 0 amide bonds. The van der Waals surface area contributed by atoms with E-state index >= 15 is 0 Å². The number of carbonyl (C=O) groups excluding carboxylic acids is 1. The minimum Gasteiger partial charge on any atom is -0.429 e. The van der Waals surface area contributed by atoms with Crippen molar-refractivity contribution in [1.29, 1.82) is 0 Å². The first kappa shape index (κ1) is 15.5. The molecule has 0 aromatic carbocycles. The van der Waals surface area contributed by atoms with Crippen molar-refractivity contribution in [1.82, 2.24) is 0 Å². The van der Waals surface area contributed by atoms with Gasteiger partial charge in [-0.15, -0.1) is 6.58 Å². The molecule has 0 saturated heterocycles. The van der Waals surface area contributed by atoms with Crippen molar-refractivity contribution < 1.29 is 14.3 Å². The van der Waals surface area contributed by atoms with E-state index < -0.39 is 5.97 Å². The van der Waals surface area contributed by atoms with Gasteiger partial charge in [0, 0.05) is 13.4 Å². The summed E-state index contributed by atoms with van der Waals surface area (Å²) >= 11 is 0. The van der Waals surface area contributed by atoms with Gasteiger partial charge in [0.25, 0.3) is 0 Å². The van der Waals surface area contributed by atoms with Crippen LogP contribution in [-0.4, -0.2) is 27.5 Å². The lowest BCUT2D eigenvalue weighted by atomic mass is 10.1. The maximum Gasteiger partial charge on any atom is 0.302 e. The number of rotatable bonds is 8. The molecule has 0 bridgehead atoms. The van der Waals surface area contributed by atoms with Gasteiger partial charge in [0.05, 0.1) is 7.85 Å². The number of hydrogen-bond donors (Lipinski definition) is 0. The van der Waals surface area contributed by atoms with Gasteiger partial charge in [-0.05, 0) is 18.1 Å². The minimum absolute atomic E-state index is 0.161. The van der Waals surface area contributed by atoms with Crippen LogP contribution in [0.3, 0.4) is 0 Å². The van der Waals surface area contributed by atoms with Crippen LogP contribution in [0.1, 0.15) is 6.42 Å². The molecular formula is C13H17BO3. The molecule has 0 rings (SSSR count). The fraction of sp³-hybridized carbons (Fsp3) is 0.308. The van der Waals surface area contributed by atoms with Crippen LogP contribution in [0.25, 0.3) is 0 Å². The normalized spacial score (nSPS) is 12.1. The predicted octanol–water partition coefficient (Wildman–Crippen LogP) is 2.34. The molecule has 0 aliphatic rings. The zero-order valence-corrected chi connectivity index (χ0v) is 10.1. The van der Waals surface area contributed by atoms with E-state index in [9.17, 15) is 4.79 Å². The van der Waals surface area contributed by atoms with Gasteiger partial charge in [0.1, 0.15) is 12.4 Å². The molecule has 17 heavy (non-hydrogen) atoms. The third-order valence-corrected chi connectivity index (χ3v) is 1.82. The molecule has 0 heterocycles. The topological polar surface area (TPSA) is 35.5 Å². The zero-order chi connectivity index (χ0) is 13.1. The number of hydrogen-bond acceptors (Lipinski definition) is 3. The largest absolute Gasteiger partial charge is 0.429 e. The average Bonchev–Trinajstić information content (AvgIpc) is 2.34. The van der Waals surface area contributed by atoms with Crippen LogP contribution < -0.4 is 0 Å². The SMILES string of the molecule is [B]CC(=O)O/C(=C/C=C(\C=C)CC=C)COC. The lowest BCUT2D eigenvalue weighted by molar-refractivity contribution is -0.137. The Morgan fingerprint density at radius 3 is 2.53 bits per heavy atom. The molecule has 0 fully saturated rings. The number of ether oxygens (including phenoxy) is 2. The highest BCUT2D eigenvalue weighted by molar-refractivity contribution is 6.18. The number of carbonyl (C=O) groups is 1. The lowest BCUT2D eigenvalue weighted by Crippen LogP contribution is -2.07. The predicted molar refractivity (Wildman–Crippen MR) is 69.7 cm³/mol. The van der Waals surface area contributed by atoms with Gasteiger partial charge in [-0.2, -0.15) is 0 Å². The molecule has 0 aromatic rings. The smallest absolute Gasteiger partial charge is 0.302 e. The summed E-state index contributed by atoms with van der Waals surface area (Å²) in [6.07, 6.45) is 7.48. The van der Waals surface area contributed by atoms with Crippen molar-refractivity contribution in [2.75, 3.05) is 13.7 Å². The number of allylic oxidation sites excluding steroid dienone is 5. The standard InChI is InChI=1S/C13H17BO3/c1-4-6-11(5-2)7-8-12(10-16-3)17-13(15)9-14/h4-5,7-8H,1-2,6,9-10H2,3H3/b11-7+,12-8+. The summed E-state index contributed by atoms with van der Waals surface area (Å²) < 4.78 is 9.89. The zero-order valence-electron chi connectivity index (χ0n) is 10.1. The molecule has 0 unspecified atom stereocenters. The van der Waals surface area contributed by atoms with Crippen molar-refractivity contribution >= 4 is 13.8 Å². The van der Waals surface area contributed by atoms with Crippen LogP contribution in [0.2, 0.25) is 6.32 Å². The molecule has 0 atom stereocenters. The summed E-state index contributed by atoms with van der Waals surface area (Å²) in [6, 6.07) is 0. The molecule has 3 nitrogen and oxygen atoms in total. The Labute approximate surface area is 104 Å². The first-order valence-electron chi connectivity index (χ1n) is 5.20. The lowest BCUT2D eigenvalue weighted by Gasteiger charge is -2.06. The first-order chi connectivity index (χ1) is 8.17. The maximum atomic E-state index is 11.0. The van der Waals surface area contributed by atoms with E-state index in [2.05, 4.69) is 13.2 Å². The first-order valence-corrected chi connectivity index (χ1v) is 5.20. The van der Waals surface area contributed by atoms with Crippen LogP contribution >= 0.6 is 0 Å². The quantitative estimate of drug-likeness (QED) is 0.212. The molecular weight excluding hydrogens is 215 g/mol. The highest BCUT2D eigenvalue weighted by atomic mass is 16.6. The molecule has 0 aliphatic carbocycles. The number of methoxy groups -OCH3 is 1. The Kier molecular flexibility index (Phi) is 8.79. The van der Waals surface area contributed by atoms with Gasteiger partial charge < -0.3 is 9.47 Å². The van der Waals surface area contributed by atoms with E-state index in [-0.39, 0.29) is 12.9 Å². The third-order valence-electron chi connectivity index (χ3n) is 1.82. The van der Waals surface area contributed by atoms with Gasteiger partial charge in [0.15, 0.2) is 0 Å². The highest BCUT2D eigenvalue weighted by Gasteiger charge is 2.03. The van der Waals surface area contributed by atoms with Gasteiger partial charge in [-0.25, -0.2) is 0 Å². The number of esters is 1. The summed E-state index contributed by atoms with van der Waals surface area (Å²) in [4.78, 5) is 11.0. The van der Waals surface area contributed by atoms with Crippen LogP contribution in [-0.2, 0) is 14.3 Å². The van der Waals surface area contributed by atoms with E-state index in [0.29, 0.717) is 12.2 Å². The fourth-order valence-corrected chi connectivity index (χ4v) is 1.03. The maximum absolute atomic E-state index is 11.0. The molecule has 2 radical (unpaired) electrons. The van der Waals surface area contributed by atoms with E-state index in [1.807, 2.05) is 0 Å². The minimum atomic E-state index is -0.495. The Morgan fingerprint density at radius 2 is 2.06 bits per heavy atom. The van der Waals surface area contributed by atoms with Gasteiger partial charge in [-0.3, -0.25) is 4.79 Å². The van der Waals surface area contributed by atoms with E-state index in [1.165, 1.54) is 7.11 Å². The van der Waals surface area contributed by atoms with Crippen LogP contribution in [0, 0.1) is 0 Å². The Balaban J connectivity index is 4.71. The van der Waals surface area contributed by atoms with E-state index in [0.717, 1.165) is 5.57 Å². The van der Waals surface area contributed by atoms with Crippen molar-refractivity contribution in [3.05, 3.63) is 48.8 Å². The van der Waals surface area contributed by atoms with Crippen molar-refractivity contribution in [2.45, 2.75) is 12.7 Å². The van der Waals surface area contributed by atoms with Crippen LogP contribution in [0.5, 0.6) is 0 Å². The van der Waals surface area contributed by atoms with E-state index in [4.69, 9.17) is 17.3 Å². The average molecular weight is 232 g/mol. The van der Waals surface area contributed by atoms with Crippen LogP contribution in [0.15, 0.2) is 48.8 Å². The summed E-state index contributed by atoms with van der Waals surface area (Å²) in [5.74, 6) is -0.0862. The van der Waals surface area contributed by atoms with Gasteiger partial charge >= 0.3 is 5.97 Å². The molecule has 0 aliphatic heterocycles. The summed E-state index contributed by atoms with van der Waals surface area (Å²) in [6.45, 7) is 7.52. The van der Waals surface area contributed by atoms with Gasteiger partial charge in [-0.1, -0.05) is 24.8 Å². The molecule has 0 spiro atoms. The second-order valence-electron chi connectivity index (χ2n) is 3.18. The summed E-state index contributed by atoms with van der Waals surface area (Å²) in [7, 11) is 6.68. The highest BCUT2D eigenvalue weighted by Crippen LogP contribution is 2.07. The van der Waals surface area contributed by atoms with Crippen molar-refractivity contribution in [3.8, 4) is 0 Å². The van der Waals surface area contributed by atoms with Crippen molar-refractivity contribution in [2.24, 2.45) is 0 Å². The van der Waals surface area contributed by atoms with Crippen molar-refractivity contribution in [3.63, 3.8) is 0 Å². The Morgan fingerprint density at radius 1 is 1.35 bits per heavy atom. The Bertz CT molecular complexity index is 330. The molecule has 4 heteroatoms. The molecule has 0 N–H and O–H groups in total. The summed E-state index contributed by atoms with van der Waals surface area (Å²) in [5.41, 5.74) is 0.970. The Hall–Kier alpha value is -1.55. The van der Waals surface area contributed by atoms with Gasteiger partial charge in [0.2, 0.25) is 0 Å². The molecule has 0 aromatic heterocycles. The molecule has 0 saturated carbocycles. The summed E-state index contributed by atoms with van der Waals surface area (Å²) in [5, 5.41) is 0. The second kappa shape index (κ2) is 9.66. The third kappa shape index (κ3) is 7.36. The van der Waals surface area contributed by atoms with Crippen LogP contribution in [0.4, 0.5) is 0 Å². The fourth-order valence-electron chi connectivity index (χ4n) is 1.03. The van der Waals surface area contributed by atoms with E-state index in [1.54, 1.807) is 24.3 Å². The second-order valence-corrected chi connectivity index (χ2v) is 3.18. The molecule has 90 valence electrons.